The van der Waals surface area contributed by atoms with Gasteiger partial charge in [-0.15, -0.1) is 0 Å². The van der Waals surface area contributed by atoms with Crippen molar-refractivity contribution in [1.82, 2.24) is 4.90 Å². The summed E-state index contributed by atoms with van der Waals surface area (Å²) in [5, 5.41) is 0. The number of rotatable bonds is 1. The predicted molar refractivity (Wildman–Crippen MR) is 61.1 cm³/mol. The fourth-order valence-corrected chi connectivity index (χ4v) is 1.86. The van der Waals surface area contributed by atoms with Crippen molar-refractivity contribution < 1.29 is 14.3 Å². The Morgan fingerprint density at radius 1 is 1.44 bits per heavy atom. The van der Waals surface area contributed by atoms with Crippen molar-refractivity contribution in [3.05, 3.63) is 0 Å². The quantitative estimate of drug-likeness (QED) is 0.499. The molecule has 1 fully saturated rings. The normalized spacial score (nSPS) is 27.9. The fraction of sp³-hybridized carbons (Fsp3) is 0.833. The number of ether oxygens (including phenoxy) is 1. The fourth-order valence-electron chi connectivity index (χ4n) is 1.86. The summed E-state index contributed by atoms with van der Waals surface area (Å²) in [7, 11) is 1.93. The third kappa shape index (κ3) is 3.04. The van der Waals surface area contributed by atoms with Crippen LogP contribution in [0.5, 0.6) is 0 Å². The van der Waals surface area contributed by atoms with Crippen LogP contribution >= 0.6 is 0 Å². The van der Waals surface area contributed by atoms with Crippen LogP contribution in [0.3, 0.4) is 0 Å². The Balaban J connectivity index is 2.76. The number of Topliss-reactive ketones (excluding diaryl/α,β-unsaturated/α-hetero) is 1. The second-order valence-corrected chi connectivity index (χ2v) is 5.45. The number of carbonyl (C=O) groups excluding carboxylic acids is 2. The molecule has 0 aromatic heterocycles. The highest BCUT2D eigenvalue weighted by Gasteiger charge is 2.40. The SMILES string of the molecule is CC1C(C(=O)OC(C)(C)C)C(=O)CCN1C. The van der Waals surface area contributed by atoms with E-state index >= 15 is 0 Å². The average molecular weight is 227 g/mol. The lowest BCUT2D eigenvalue weighted by Gasteiger charge is -2.35. The smallest absolute Gasteiger partial charge is 0.318 e. The van der Waals surface area contributed by atoms with Gasteiger partial charge in [-0.2, -0.15) is 0 Å². The molecule has 4 heteroatoms. The maximum absolute atomic E-state index is 11.9. The lowest BCUT2D eigenvalue weighted by molar-refractivity contribution is -0.166. The zero-order chi connectivity index (χ0) is 12.5. The number of nitrogens with zero attached hydrogens (tertiary/aromatic N) is 1. The van der Waals surface area contributed by atoms with Gasteiger partial charge in [0.05, 0.1) is 0 Å². The zero-order valence-electron chi connectivity index (χ0n) is 10.7. The van der Waals surface area contributed by atoms with Crippen LogP contribution in [0.1, 0.15) is 34.1 Å². The number of hydrogen-bond acceptors (Lipinski definition) is 4. The van der Waals surface area contributed by atoms with Crippen LogP contribution in [0.25, 0.3) is 0 Å². The molecule has 2 unspecified atom stereocenters. The van der Waals surface area contributed by atoms with Gasteiger partial charge in [0.25, 0.3) is 0 Å². The van der Waals surface area contributed by atoms with E-state index in [1.165, 1.54) is 0 Å². The molecule has 1 aliphatic heterocycles. The highest BCUT2D eigenvalue weighted by molar-refractivity contribution is 6.00. The second-order valence-electron chi connectivity index (χ2n) is 5.45. The largest absolute Gasteiger partial charge is 0.459 e. The molecule has 1 rings (SSSR count). The first-order valence-corrected chi connectivity index (χ1v) is 5.68. The van der Waals surface area contributed by atoms with Crippen molar-refractivity contribution >= 4 is 11.8 Å². The standard InChI is InChI=1S/C12H21NO3/c1-8-10(9(14)6-7-13(8)5)11(15)16-12(2,3)4/h8,10H,6-7H2,1-5H3. The third-order valence-electron chi connectivity index (χ3n) is 2.90. The highest BCUT2D eigenvalue weighted by Crippen LogP contribution is 2.22. The summed E-state index contributed by atoms with van der Waals surface area (Å²) in [6.45, 7) is 8.05. The van der Waals surface area contributed by atoms with Crippen molar-refractivity contribution in [2.45, 2.75) is 45.8 Å². The van der Waals surface area contributed by atoms with Gasteiger partial charge in [-0.3, -0.25) is 9.59 Å². The lowest BCUT2D eigenvalue weighted by atomic mass is 9.89. The van der Waals surface area contributed by atoms with E-state index in [9.17, 15) is 9.59 Å². The first kappa shape index (κ1) is 13.2. The number of likely N-dealkylation sites (tertiary alicyclic amines) is 1. The van der Waals surface area contributed by atoms with E-state index in [1.54, 1.807) is 0 Å². The van der Waals surface area contributed by atoms with Crippen LogP contribution in [0.2, 0.25) is 0 Å². The maximum atomic E-state index is 11.9. The molecule has 0 aromatic carbocycles. The van der Waals surface area contributed by atoms with Crippen LogP contribution in [0.4, 0.5) is 0 Å². The first-order chi connectivity index (χ1) is 7.22. The summed E-state index contributed by atoms with van der Waals surface area (Å²) in [4.78, 5) is 25.7. The van der Waals surface area contributed by atoms with Gasteiger partial charge in [-0.1, -0.05) is 0 Å². The first-order valence-electron chi connectivity index (χ1n) is 5.68. The monoisotopic (exact) mass is 227 g/mol. The Morgan fingerprint density at radius 2 is 2.00 bits per heavy atom. The molecule has 16 heavy (non-hydrogen) atoms. The molecule has 0 radical (unpaired) electrons. The van der Waals surface area contributed by atoms with Gasteiger partial charge in [0.2, 0.25) is 0 Å². The molecular weight excluding hydrogens is 206 g/mol. The van der Waals surface area contributed by atoms with Crippen LogP contribution < -0.4 is 0 Å². The number of carbonyl (C=O) groups is 2. The van der Waals surface area contributed by atoms with Crippen molar-refractivity contribution in [3.8, 4) is 0 Å². The van der Waals surface area contributed by atoms with Crippen molar-refractivity contribution in [1.29, 1.82) is 0 Å². The Morgan fingerprint density at radius 3 is 2.50 bits per heavy atom. The van der Waals surface area contributed by atoms with Crippen molar-refractivity contribution in [2.24, 2.45) is 5.92 Å². The third-order valence-corrected chi connectivity index (χ3v) is 2.90. The molecule has 1 aliphatic rings. The molecule has 0 aliphatic carbocycles. The molecule has 0 saturated carbocycles. The molecule has 2 atom stereocenters. The second kappa shape index (κ2) is 4.53. The summed E-state index contributed by atoms with van der Waals surface area (Å²) in [6.07, 6.45) is 0.435. The van der Waals surface area contributed by atoms with Crippen molar-refractivity contribution in [3.63, 3.8) is 0 Å². The molecule has 0 spiro atoms. The zero-order valence-corrected chi connectivity index (χ0v) is 10.7. The molecule has 1 heterocycles. The van der Waals surface area contributed by atoms with Crippen LogP contribution in [0, 0.1) is 5.92 Å². The number of esters is 1. The molecule has 0 amide bonds. The molecule has 0 bridgehead atoms. The van der Waals surface area contributed by atoms with Gasteiger partial charge in [0.1, 0.15) is 17.3 Å². The Labute approximate surface area is 96.9 Å². The number of hydrogen-bond donors (Lipinski definition) is 0. The van der Waals surface area contributed by atoms with Crippen molar-refractivity contribution in [2.75, 3.05) is 13.6 Å². The molecule has 0 N–H and O–H groups in total. The van der Waals surface area contributed by atoms with E-state index in [0.717, 1.165) is 6.54 Å². The molecule has 4 nitrogen and oxygen atoms in total. The molecule has 1 saturated heterocycles. The number of ketones is 1. The molecule has 92 valence electrons. The van der Waals surface area contributed by atoms with Crippen LogP contribution in [-0.2, 0) is 14.3 Å². The summed E-state index contributed by atoms with van der Waals surface area (Å²) in [6, 6.07) is -0.0731. The summed E-state index contributed by atoms with van der Waals surface area (Å²) < 4.78 is 5.28. The average Bonchev–Trinajstić information content (AvgIpc) is 2.09. The van der Waals surface area contributed by atoms with E-state index in [1.807, 2.05) is 39.6 Å². The number of piperidine rings is 1. The minimum absolute atomic E-state index is 0.000139. The minimum atomic E-state index is -0.627. The molecule has 0 aromatic rings. The van der Waals surface area contributed by atoms with E-state index in [4.69, 9.17) is 4.74 Å². The van der Waals surface area contributed by atoms with E-state index in [2.05, 4.69) is 0 Å². The maximum Gasteiger partial charge on any atom is 0.318 e. The Bertz CT molecular complexity index is 293. The van der Waals surface area contributed by atoms with Crippen LogP contribution in [-0.4, -0.2) is 41.9 Å². The highest BCUT2D eigenvalue weighted by atomic mass is 16.6. The van der Waals surface area contributed by atoms with Crippen LogP contribution in [0.15, 0.2) is 0 Å². The van der Waals surface area contributed by atoms with Gasteiger partial charge in [-0.25, -0.2) is 0 Å². The van der Waals surface area contributed by atoms with Gasteiger partial charge >= 0.3 is 5.97 Å². The minimum Gasteiger partial charge on any atom is -0.459 e. The van der Waals surface area contributed by atoms with Gasteiger partial charge in [0.15, 0.2) is 0 Å². The van der Waals surface area contributed by atoms with Gasteiger partial charge in [0, 0.05) is 19.0 Å². The lowest BCUT2D eigenvalue weighted by Crippen LogP contribution is -2.50. The summed E-state index contributed by atoms with van der Waals surface area (Å²) in [5.74, 6) is -1.02. The molecular formula is C12H21NO3. The predicted octanol–water partition coefficient (Wildman–Crippen LogP) is 1.24. The van der Waals surface area contributed by atoms with E-state index in [0.29, 0.717) is 6.42 Å². The Hall–Kier alpha value is -0.900. The summed E-state index contributed by atoms with van der Waals surface area (Å²) >= 11 is 0. The van der Waals surface area contributed by atoms with Gasteiger partial charge in [-0.05, 0) is 34.7 Å². The van der Waals surface area contributed by atoms with E-state index < -0.39 is 17.5 Å². The summed E-state index contributed by atoms with van der Waals surface area (Å²) in [5.41, 5.74) is -0.535. The Kier molecular flexibility index (Phi) is 3.73. The topological polar surface area (TPSA) is 46.6 Å². The van der Waals surface area contributed by atoms with Gasteiger partial charge < -0.3 is 9.64 Å². The van der Waals surface area contributed by atoms with E-state index in [-0.39, 0.29) is 11.8 Å².